The third kappa shape index (κ3) is 4.48. The number of likely N-dealkylation sites (N-methyl/N-ethyl adjacent to an activating group) is 1. The molecular weight excluding hydrogens is 272 g/mol. The third-order valence-corrected chi connectivity index (χ3v) is 4.19. The Hall–Kier alpha value is -1.00. The summed E-state index contributed by atoms with van der Waals surface area (Å²) in [6, 6.07) is 4.01. The first-order chi connectivity index (χ1) is 10.1. The van der Waals surface area contributed by atoms with E-state index in [2.05, 4.69) is 12.2 Å². The van der Waals surface area contributed by atoms with Crippen LogP contribution >= 0.6 is 0 Å². The summed E-state index contributed by atoms with van der Waals surface area (Å²) in [5.74, 6) is -0.891. The number of nitrogens with one attached hydrogen (secondary N) is 1. The summed E-state index contributed by atoms with van der Waals surface area (Å²) in [6.45, 7) is 5.26. The molecule has 4 heteroatoms. The molecule has 0 saturated heterocycles. The molecule has 0 radical (unpaired) electrons. The fraction of sp³-hybridized carbons (Fsp3) is 0.647. The highest BCUT2D eigenvalue weighted by molar-refractivity contribution is 5.22. The Bertz CT molecular complexity index is 452. The van der Waals surface area contributed by atoms with Gasteiger partial charge in [0, 0.05) is 5.56 Å². The summed E-state index contributed by atoms with van der Waals surface area (Å²) in [5, 5.41) is 3.19. The Morgan fingerprint density at radius 3 is 2.86 bits per heavy atom. The number of hydrogen-bond acceptors (Lipinski definition) is 2. The zero-order valence-electron chi connectivity index (χ0n) is 12.9. The van der Waals surface area contributed by atoms with Crippen molar-refractivity contribution >= 4 is 0 Å². The van der Waals surface area contributed by atoms with Gasteiger partial charge in [-0.2, -0.15) is 0 Å². The highest BCUT2D eigenvalue weighted by atomic mass is 19.2. The quantitative estimate of drug-likeness (QED) is 0.849. The summed E-state index contributed by atoms with van der Waals surface area (Å²) < 4.78 is 33.3. The first-order valence-corrected chi connectivity index (χ1v) is 7.90. The minimum atomic E-state index is -0.804. The van der Waals surface area contributed by atoms with Crippen LogP contribution in [0.4, 0.5) is 8.78 Å². The van der Waals surface area contributed by atoms with Crippen molar-refractivity contribution < 1.29 is 13.5 Å². The van der Waals surface area contributed by atoms with Crippen LogP contribution in [0.5, 0.6) is 0 Å². The Morgan fingerprint density at radius 1 is 1.33 bits per heavy atom. The second-order valence-electron chi connectivity index (χ2n) is 5.98. The molecule has 1 aliphatic rings. The lowest BCUT2D eigenvalue weighted by Gasteiger charge is -2.29. The predicted molar refractivity (Wildman–Crippen MR) is 80.1 cm³/mol. The summed E-state index contributed by atoms with van der Waals surface area (Å²) in [5.41, 5.74) is 0.348. The normalized spacial score (nSPS) is 24.0. The molecular formula is C17H25F2NO. The van der Waals surface area contributed by atoms with Gasteiger partial charge in [-0.3, -0.25) is 0 Å². The van der Waals surface area contributed by atoms with Crippen LogP contribution in [0.1, 0.15) is 51.1 Å². The number of rotatable bonds is 6. The molecule has 1 fully saturated rings. The second-order valence-corrected chi connectivity index (χ2v) is 5.98. The van der Waals surface area contributed by atoms with Crippen LogP contribution in [0.25, 0.3) is 0 Å². The van der Waals surface area contributed by atoms with Gasteiger partial charge in [0.25, 0.3) is 0 Å². The maximum Gasteiger partial charge on any atom is 0.163 e. The molecule has 0 heterocycles. The second kappa shape index (κ2) is 7.85. The molecule has 0 aromatic heterocycles. The van der Waals surface area contributed by atoms with E-state index < -0.39 is 11.6 Å². The van der Waals surface area contributed by atoms with Crippen LogP contribution in [0.15, 0.2) is 18.2 Å². The molecule has 2 nitrogen and oxygen atoms in total. The molecule has 21 heavy (non-hydrogen) atoms. The Labute approximate surface area is 125 Å². The standard InChI is InChI=1S/C17H25F2NO/c1-3-20-16(14-8-5-9-15(18)17(14)19)11-21-13-7-4-6-12(2)10-13/h5,8-9,12-13,16,20H,3-4,6-7,10-11H2,1-2H3. The van der Waals surface area contributed by atoms with Crippen molar-refractivity contribution in [3.8, 4) is 0 Å². The van der Waals surface area contributed by atoms with Crippen LogP contribution in [0, 0.1) is 17.6 Å². The zero-order chi connectivity index (χ0) is 15.2. The molecule has 118 valence electrons. The maximum absolute atomic E-state index is 13.9. The van der Waals surface area contributed by atoms with Crippen LogP contribution in [-0.4, -0.2) is 19.3 Å². The maximum atomic E-state index is 13.9. The molecule has 1 N–H and O–H groups in total. The van der Waals surface area contributed by atoms with E-state index in [9.17, 15) is 8.78 Å². The van der Waals surface area contributed by atoms with Gasteiger partial charge in [0.15, 0.2) is 11.6 Å². The summed E-state index contributed by atoms with van der Waals surface area (Å²) >= 11 is 0. The van der Waals surface area contributed by atoms with Crippen LogP contribution in [0.2, 0.25) is 0 Å². The third-order valence-electron chi connectivity index (χ3n) is 4.19. The van der Waals surface area contributed by atoms with Crippen molar-refractivity contribution in [1.82, 2.24) is 5.32 Å². The molecule has 1 saturated carbocycles. The van der Waals surface area contributed by atoms with Gasteiger partial charge in [-0.05, 0) is 31.4 Å². The van der Waals surface area contributed by atoms with Gasteiger partial charge in [0.1, 0.15) is 0 Å². The van der Waals surface area contributed by atoms with Crippen molar-refractivity contribution in [2.24, 2.45) is 5.92 Å². The molecule has 0 aliphatic heterocycles. The van der Waals surface area contributed by atoms with Crippen molar-refractivity contribution in [3.05, 3.63) is 35.4 Å². The van der Waals surface area contributed by atoms with E-state index in [0.29, 0.717) is 24.6 Å². The molecule has 3 unspecified atom stereocenters. The van der Waals surface area contributed by atoms with Crippen LogP contribution in [-0.2, 0) is 4.74 Å². The molecule has 0 bridgehead atoms. The summed E-state index contributed by atoms with van der Waals surface area (Å²) in [4.78, 5) is 0. The molecule has 0 amide bonds. The number of benzene rings is 1. The minimum Gasteiger partial charge on any atom is -0.376 e. The number of hydrogen-bond donors (Lipinski definition) is 1. The fourth-order valence-corrected chi connectivity index (χ4v) is 3.06. The molecule has 0 spiro atoms. The smallest absolute Gasteiger partial charge is 0.163 e. The highest BCUT2D eigenvalue weighted by Gasteiger charge is 2.23. The summed E-state index contributed by atoms with van der Waals surface area (Å²) in [6.07, 6.45) is 4.81. The molecule has 1 aliphatic carbocycles. The molecule has 2 rings (SSSR count). The van der Waals surface area contributed by atoms with Gasteiger partial charge in [-0.1, -0.05) is 38.8 Å². The van der Waals surface area contributed by atoms with Gasteiger partial charge in [0.05, 0.1) is 18.8 Å². The van der Waals surface area contributed by atoms with Gasteiger partial charge >= 0.3 is 0 Å². The van der Waals surface area contributed by atoms with Gasteiger partial charge in [-0.15, -0.1) is 0 Å². The van der Waals surface area contributed by atoms with Crippen LogP contribution in [0.3, 0.4) is 0 Å². The van der Waals surface area contributed by atoms with Crippen LogP contribution < -0.4 is 5.32 Å². The Kier molecular flexibility index (Phi) is 6.12. The lowest BCUT2D eigenvalue weighted by Crippen LogP contribution is -2.30. The average molecular weight is 297 g/mol. The molecule has 1 aromatic carbocycles. The van der Waals surface area contributed by atoms with E-state index in [-0.39, 0.29) is 12.1 Å². The van der Waals surface area contributed by atoms with Crippen molar-refractivity contribution in [2.45, 2.75) is 51.7 Å². The number of halogens is 2. The van der Waals surface area contributed by atoms with E-state index in [1.165, 1.54) is 12.8 Å². The zero-order valence-corrected chi connectivity index (χ0v) is 12.9. The van der Waals surface area contributed by atoms with E-state index in [4.69, 9.17) is 4.74 Å². The number of ether oxygens (including phenoxy) is 1. The molecule has 1 aromatic rings. The SMILES string of the molecule is CCNC(COC1CCCC(C)C1)c1cccc(F)c1F. The lowest BCUT2D eigenvalue weighted by molar-refractivity contribution is 0.00370. The Balaban J connectivity index is 2.00. The monoisotopic (exact) mass is 297 g/mol. The minimum absolute atomic E-state index is 0.242. The van der Waals surface area contributed by atoms with Crippen molar-refractivity contribution in [3.63, 3.8) is 0 Å². The van der Waals surface area contributed by atoms with E-state index >= 15 is 0 Å². The fourth-order valence-electron chi connectivity index (χ4n) is 3.06. The van der Waals surface area contributed by atoms with E-state index in [0.717, 1.165) is 18.9 Å². The Morgan fingerprint density at radius 2 is 2.14 bits per heavy atom. The highest BCUT2D eigenvalue weighted by Crippen LogP contribution is 2.27. The molecule has 3 atom stereocenters. The lowest BCUT2D eigenvalue weighted by atomic mass is 9.88. The largest absolute Gasteiger partial charge is 0.376 e. The first-order valence-electron chi connectivity index (χ1n) is 7.90. The topological polar surface area (TPSA) is 21.3 Å². The van der Waals surface area contributed by atoms with Gasteiger partial charge in [-0.25, -0.2) is 8.78 Å². The summed E-state index contributed by atoms with van der Waals surface area (Å²) in [7, 11) is 0. The van der Waals surface area contributed by atoms with E-state index in [1.807, 2.05) is 6.92 Å². The van der Waals surface area contributed by atoms with Crippen molar-refractivity contribution in [2.75, 3.05) is 13.2 Å². The van der Waals surface area contributed by atoms with E-state index in [1.54, 1.807) is 12.1 Å². The average Bonchev–Trinajstić information content (AvgIpc) is 2.47. The first kappa shape index (κ1) is 16.4. The van der Waals surface area contributed by atoms with Gasteiger partial charge < -0.3 is 10.1 Å². The van der Waals surface area contributed by atoms with Gasteiger partial charge in [0.2, 0.25) is 0 Å². The predicted octanol–water partition coefficient (Wildman–Crippen LogP) is 4.21. The van der Waals surface area contributed by atoms with Crippen molar-refractivity contribution in [1.29, 1.82) is 0 Å².